The van der Waals surface area contributed by atoms with Crippen LogP contribution in [0, 0.1) is 6.92 Å². The summed E-state index contributed by atoms with van der Waals surface area (Å²) in [4.78, 5) is 16.1. The van der Waals surface area contributed by atoms with Crippen molar-refractivity contribution >= 4 is 17.6 Å². The van der Waals surface area contributed by atoms with Gasteiger partial charge in [-0.2, -0.15) is 10.1 Å². The van der Waals surface area contributed by atoms with E-state index in [1.807, 2.05) is 25.3 Å². The molecule has 27 heavy (non-hydrogen) atoms. The van der Waals surface area contributed by atoms with Gasteiger partial charge in [0.15, 0.2) is 5.82 Å². The Hall–Kier alpha value is -2.48. The number of hydrogen-bond acceptors (Lipinski definition) is 8. The topological polar surface area (TPSA) is 70.5 Å². The van der Waals surface area contributed by atoms with Gasteiger partial charge in [0.2, 0.25) is 5.95 Å². The molecule has 0 N–H and O–H groups in total. The van der Waals surface area contributed by atoms with Crippen molar-refractivity contribution in [2.45, 2.75) is 25.8 Å². The first-order chi connectivity index (χ1) is 13.2. The summed E-state index contributed by atoms with van der Waals surface area (Å²) in [5, 5.41) is 8.55. The number of aryl methyl sites for hydroxylation is 1. The van der Waals surface area contributed by atoms with Crippen LogP contribution in [0.1, 0.15) is 18.5 Å². The molecular weight excluding hydrogens is 342 g/mol. The third-order valence-electron chi connectivity index (χ3n) is 5.33. The molecule has 0 aliphatic carbocycles. The quantitative estimate of drug-likeness (QED) is 0.803. The van der Waals surface area contributed by atoms with Gasteiger partial charge in [-0.25, -0.2) is 4.98 Å². The van der Waals surface area contributed by atoms with Gasteiger partial charge in [-0.05, 0) is 38.0 Å². The highest BCUT2D eigenvalue weighted by Gasteiger charge is 2.26. The molecule has 2 aliphatic rings. The Labute approximate surface area is 160 Å². The second kappa shape index (κ2) is 8.04. The lowest BCUT2D eigenvalue weighted by Gasteiger charge is -2.38. The van der Waals surface area contributed by atoms with Gasteiger partial charge in [0, 0.05) is 45.5 Å². The van der Waals surface area contributed by atoms with Crippen LogP contribution in [0.25, 0.3) is 0 Å². The van der Waals surface area contributed by atoms with E-state index < -0.39 is 0 Å². The van der Waals surface area contributed by atoms with Crippen molar-refractivity contribution in [1.29, 1.82) is 0 Å². The van der Waals surface area contributed by atoms with Crippen LogP contribution in [0.4, 0.5) is 17.6 Å². The van der Waals surface area contributed by atoms with E-state index in [0.717, 1.165) is 75.5 Å². The maximum atomic E-state index is 5.44. The Kier molecular flexibility index (Phi) is 5.33. The lowest BCUT2D eigenvalue weighted by molar-refractivity contribution is 0.122. The van der Waals surface area contributed by atoms with Gasteiger partial charge in [-0.15, -0.1) is 5.10 Å². The lowest BCUT2D eigenvalue weighted by atomic mass is 10.0. The predicted molar refractivity (Wildman–Crippen MR) is 105 cm³/mol. The molecule has 0 amide bonds. The maximum Gasteiger partial charge on any atom is 0.227 e. The monoisotopic (exact) mass is 369 g/mol. The van der Waals surface area contributed by atoms with Crippen LogP contribution in [-0.4, -0.2) is 72.6 Å². The number of aromatic nitrogens is 4. The highest BCUT2D eigenvalue weighted by atomic mass is 16.5. The number of nitrogens with zero attached hydrogens (tertiary/aromatic N) is 7. The van der Waals surface area contributed by atoms with Crippen LogP contribution >= 0.6 is 0 Å². The van der Waals surface area contributed by atoms with Crippen LogP contribution in [0.2, 0.25) is 0 Å². The zero-order valence-corrected chi connectivity index (χ0v) is 16.1. The summed E-state index contributed by atoms with van der Waals surface area (Å²) in [5.74, 6) is 2.70. The van der Waals surface area contributed by atoms with E-state index >= 15 is 0 Å². The summed E-state index contributed by atoms with van der Waals surface area (Å²) in [6, 6.07) is 6.41. The van der Waals surface area contributed by atoms with E-state index in [2.05, 4.69) is 43.0 Å². The standard InChI is InChI=1S/C19H27N7O/c1-15-5-6-18(23-22-15)26-9-3-4-16(14-26)24(2)19-20-8-7-17(21-19)25-10-12-27-13-11-25/h5-8,16H,3-4,9-14H2,1-2H3. The molecule has 2 fully saturated rings. The lowest BCUT2D eigenvalue weighted by Crippen LogP contribution is -2.47. The van der Waals surface area contributed by atoms with E-state index in [4.69, 9.17) is 9.72 Å². The third kappa shape index (κ3) is 4.10. The minimum absolute atomic E-state index is 0.349. The second-order valence-electron chi connectivity index (χ2n) is 7.20. The first kappa shape index (κ1) is 17.9. The van der Waals surface area contributed by atoms with E-state index in [1.54, 1.807) is 0 Å². The van der Waals surface area contributed by atoms with Crippen molar-refractivity contribution in [2.24, 2.45) is 0 Å². The number of morpholine rings is 1. The first-order valence-corrected chi connectivity index (χ1v) is 9.64. The molecule has 2 aromatic rings. The molecule has 2 aliphatic heterocycles. The Morgan fingerprint density at radius 1 is 1.04 bits per heavy atom. The minimum Gasteiger partial charge on any atom is -0.378 e. The van der Waals surface area contributed by atoms with Gasteiger partial charge in [-0.1, -0.05) is 0 Å². The van der Waals surface area contributed by atoms with E-state index in [0.29, 0.717) is 6.04 Å². The number of rotatable bonds is 4. The molecule has 8 heteroatoms. The molecular formula is C19H27N7O. The van der Waals surface area contributed by atoms with Crippen molar-refractivity contribution in [3.63, 3.8) is 0 Å². The van der Waals surface area contributed by atoms with Crippen LogP contribution in [0.5, 0.6) is 0 Å². The van der Waals surface area contributed by atoms with Gasteiger partial charge in [-0.3, -0.25) is 0 Å². The van der Waals surface area contributed by atoms with Gasteiger partial charge >= 0.3 is 0 Å². The van der Waals surface area contributed by atoms with E-state index in [1.165, 1.54) is 0 Å². The molecule has 4 heterocycles. The van der Waals surface area contributed by atoms with Crippen LogP contribution in [0.3, 0.4) is 0 Å². The normalized spacial score (nSPS) is 20.6. The van der Waals surface area contributed by atoms with Gasteiger partial charge in [0.25, 0.3) is 0 Å². The maximum absolute atomic E-state index is 5.44. The molecule has 0 radical (unpaired) electrons. The van der Waals surface area contributed by atoms with Gasteiger partial charge < -0.3 is 19.4 Å². The molecule has 0 saturated carbocycles. The van der Waals surface area contributed by atoms with E-state index in [-0.39, 0.29) is 0 Å². The fourth-order valence-corrected chi connectivity index (χ4v) is 3.68. The van der Waals surface area contributed by atoms with Gasteiger partial charge in [0.1, 0.15) is 5.82 Å². The molecule has 144 valence electrons. The third-order valence-corrected chi connectivity index (χ3v) is 5.33. The predicted octanol–water partition coefficient (Wildman–Crippen LogP) is 1.52. The number of likely N-dealkylation sites (N-methyl/N-ethyl adjacent to an activating group) is 1. The summed E-state index contributed by atoms with van der Waals surface area (Å²) >= 11 is 0. The first-order valence-electron chi connectivity index (χ1n) is 9.64. The Morgan fingerprint density at radius 3 is 2.67 bits per heavy atom. The van der Waals surface area contributed by atoms with Crippen molar-refractivity contribution in [1.82, 2.24) is 20.2 Å². The largest absolute Gasteiger partial charge is 0.378 e. The van der Waals surface area contributed by atoms with E-state index in [9.17, 15) is 0 Å². The molecule has 4 rings (SSSR count). The van der Waals surface area contributed by atoms with Gasteiger partial charge in [0.05, 0.1) is 18.9 Å². The fourth-order valence-electron chi connectivity index (χ4n) is 3.68. The van der Waals surface area contributed by atoms with Crippen molar-refractivity contribution in [3.05, 3.63) is 30.1 Å². The molecule has 2 aromatic heterocycles. The molecule has 0 bridgehead atoms. The number of piperidine rings is 1. The molecule has 1 atom stereocenters. The van der Waals surface area contributed by atoms with Crippen LogP contribution in [-0.2, 0) is 4.74 Å². The Balaban J connectivity index is 1.47. The summed E-state index contributed by atoms with van der Waals surface area (Å²) < 4.78 is 5.44. The van der Waals surface area contributed by atoms with Crippen LogP contribution in [0.15, 0.2) is 24.4 Å². The molecule has 0 aromatic carbocycles. The summed E-state index contributed by atoms with van der Waals surface area (Å²) in [5.41, 5.74) is 0.942. The highest BCUT2D eigenvalue weighted by Crippen LogP contribution is 2.23. The fraction of sp³-hybridized carbons (Fsp3) is 0.579. The summed E-state index contributed by atoms with van der Waals surface area (Å²) in [7, 11) is 2.09. The van der Waals surface area contributed by atoms with Crippen LogP contribution < -0.4 is 14.7 Å². The van der Waals surface area contributed by atoms with Crippen molar-refractivity contribution in [2.75, 3.05) is 61.1 Å². The summed E-state index contributed by atoms with van der Waals surface area (Å²) in [6.45, 7) is 7.14. The average Bonchev–Trinajstić information content (AvgIpc) is 2.74. The smallest absolute Gasteiger partial charge is 0.227 e. The van der Waals surface area contributed by atoms with Crippen molar-refractivity contribution in [3.8, 4) is 0 Å². The molecule has 0 spiro atoms. The molecule has 2 saturated heterocycles. The number of hydrogen-bond donors (Lipinski definition) is 0. The summed E-state index contributed by atoms with van der Waals surface area (Å²) in [6.07, 6.45) is 4.10. The minimum atomic E-state index is 0.349. The molecule has 8 nitrogen and oxygen atoms in total. The zero-order chi connectivity index (χ0) is 18.6. The number of ether oxygens (including phenoxy) is 1. The van der Waals surface area contributed by atoms with Crippen molar-refractivity contribution < 1.29 is 4.74 Å². The molecule has 1 unspecified atom stereocenters. The zero-order valence-electron chi connectivity index (χ0n) is 16.1. The highest BCUT2D eigenvalue weighted by molar-refractivity contribution is 5.45. The number of anilines is 3. The SMILES string of the molecule is Cc1ccc(N2CCCC(N(C)c3nccc(N4CCOCC4)n3)C2)nn1. The Bertz CT molecular complexity index is 748. The average molecular weight is 369 g/mol. The Morgan fingerprint density at radius 2 is 1.89 bits per heavy atom. The second-order valence-corrected chi connectivity index (χ2v) is 7.20.